The molecule has 2 N–H and O–H groups in total. The molecular weight excluding hydrogens is 370 g/mol. The van der Waals surface area contributed by atoms with E-state index in [1.807, 2.05) is 48.5 Å². The predicted molar refractivity (Wildman–Crippen MR) is 106 cm³/mol. The molecule has 29 heavy (non-hydrogen) atoms. The van der Waals surface area contributed by atoms with Gasteiger partial charge < -0.3 is 4.74 Å². The number of nitrogens with zero attached hydrogens (tertiary/aromatic N) is 4. The van der Waals surface area contributed by atoms with Gasteiger partial charge in [0.2, 0.25) is 0 Å². The van der Waals surface area contributed by atoms with Crippen molar-refractivity contribution >= 4 is 16.8 Å². The molecule has 0 spiro atoms. The minimum absolute atomic E-state index is 0.307. The van der Waals surface area contributed by atoms with Crippen molar-refractivity contribution in [2.24, 2.45) is 0 Å². The summed E-state index contributed by atoms with van der Waals surface area (Å²) in [7, 11) is 1.52. The summed E-state index contributed by atoms with van der Waals surface area (Å²) in [4.78, 5) is 20.6. The Balaban J connectivity index is 1.68. The third-order valence-corrected chi connectivity index (χ3v) is 4.67. The smallest absolute Gasteiger partial charge is 0.316 e. The number of aromatic nitrogens is 4. The van der Waals surface area contributed by atoms with Crippen LogP contribution in [0.15, 0.2) is 67.1 Å². The largest absolute Gasteiger partial charge is 0.467 e. The van der Waals surface area contributed by atoms with Gasteiger partial charge in [-0.2, -0.15) is 5.10 Å². The van der Waals surface area contributed by atoms with E-state index >= 15 is 0 Å². The Labute approximate surface area is 166 Å². The second kappa shape index (κ2) is 8.07. The average molecular weight is 389 g/mol. The fourth-order valence-electron chi connectivity index (χ4n) is 3.17. The van der Waals surface area contributed by atoms with Crippen molar-refractivity contribution in [3.63, 3.8) is 0 Å². The van der Waals surface area contributed by atoms with E-state index in [4.69, 9.17) is 4.74 Å². The molecule has 0 saturated heterocycles. The minimum atomic E-state index is -0.678. The molecule has 2 aromatic carbocycles. The lowest BCUT2D eigenvalue weighted by atomic mass is 10.1. The third kappa shape index (κ3) is 3.92. The first-order valence-electron chi connectivity index (χ1n) is 9.01. The molecule has 8 heteroatoms. The molecule has 2 heterocycles. The van der Waals surface area contributed by atoms with E-state index in [0.717, 1.165) is 27.6 Å². The van der Waals surface area contributed by atoms with Gasteiger partial charge in [-0.3, -0.25) is 14.7 Å². The van der Waals surface area contributed by atoms with Crippen molar-refractivity contribution in [1.82, 2.24) is 25.2 Å². The molecule has 8 nitrogen and oxygen atoms in total. The number of amides is 1. The highest BCUT2D eigenvalue weighted by atomic mass is 16.5. The second-order valence-corrected chi connectivity index (χ2v) is 6.52. The summed E-state index contributed by atoms with van der Waals surface area (Å²) in [5.41, 5.74) is 5.22. The van der Waals surface area contributed by atoms with Gasteiger partial charge >= 0.3 is 6.01 Å². The molecule has 1 amide bonds. The van der Waals surface area contributed by atoms with Crippen LogP contribution in [0.2, 0.25) is 0 Å². The van der Waals surface area contributed by atoms with E-state index in [-0.39, 0.29) is 0 Å². The number of nitrogens with one attached hydrogen (secondary N) is 1. The highest BCUT2D eigenvalue weighted by Gasteiger charge is 2.22. The first-order chi connectivity index (χ1) is 14.2. The van der Waals surface area contributed by atoms with E-state index in [1.165, 1.54) is 7.11 Å². The monoisotopic (exact) mass is 389 g/mol. The first-order valence-corrected chi connectivity index (χ1v) is 9.01. The number of hydrogen-bond donors (Lipinski definition) is 2. The number of rotatable bonds is 6. The van der Waals surface area contributed by atoms with Gasteiger partial charge in [0.1, 0.15) is 6.04 Å². The van der Waals surface area contributed by atoms with Gasteiger partial charge in [0.05, 0.1) is 12.6 Å². The van der Waals surface area contributed by atoms with Gasteiger partial charge in [0.15, 0.2) is 0 Å². The van der Waals surface area contributed by atoms with Crippen LogP contribution in [0.4, 0.5) is 0 Å². The van der Waals surface area contributed by atoms with Crippen LogP contribution in [0.1, 0.15) is 11.6 Å². The van der Waals surface area contributed by atoms with Crippen LogP contribution in [0.3, 0.4) is 0 Å². The Morgan fingerprint density at radius 1 is 1.14 bits per heavy atom. The van der Waals surface area contributed by atoms with Crippen molar-refractivity contribution in [1.29, 1.82) is 0 Å². The zero-order valence-electron chi connectivity index (χ0n) is 15.7. The maximum absolute atomic E-state index is 12.3. The third-order valence-electron chi connectivity index (χ3n) is 4.67. The summed E-state index contributed by atoms with van der Waals surface area (Å²) in [6, 6.07) is 15.0. The zero-order chi connectivity index (χ0) is 20.2. The Hall–Kier alpha value is -3.78. The van der Waals surface area contributed by atoms with E-state index in [2.05, 4.69) is 15.1 Å². The summed E-state index contributed by atoms with van der Waals surface area (Å²) in [5.74, 6) is -0.523. The maximum atomic E-state index is 12.3. The SMILES string of the molecule is COc1ncc(-c2ccc3nn(C(Cc4ccccc4)C(=O)NO)cc3c2)cn1. The molecule has 146 valence electrons. The van der Waals surface area contributed by atoms with Gasteiger partial charge in [-0.15, -0.1) is 0 Å². The van der Waals surface area contributed by atoms with Crippen molar-refractivity contribution in [2.45, 2.75) is 12.5 Å². The molecule has 0 aliphatic rings. The first kappa shape index (κ1) is 18.6. The van der Waals surface area contributed by atoms with Gasteiger partial charge in [-0.25, -0.2) is 15.4 Å². The maximum Gasteiger partial charge on any atom is 0.316 e. The molecule has 1 atom stereocenters. The van der Waals surface area contributed by atoms with Crippen LogP contribution in [0.5, 0.6) is 6.01 Å². The number of hydroxylamine groups is 1. The van der Waals surface area contributed by atoms with E-state index < -0.39 is 11.9 Å². The van der Waals surface area contributed by atoms with Gasteiger partial charge in [0, 0.05) is 36.0 Å². The number of ether oxygens (including phenoxy) is 1. The van der Waals surface area contributed by atoms with E-state index in [9.17, 15) is 10.0 Å². The zero-order valence-corrected chi connectivity index (χ0v) is 15.7. The predicted octanol–water partition coefficient (Wildman–Crippen LogP) is 2.79. The topological polar surface area (TPSA) is 102 Å². The van der Waals surface area contributed by atoms with E-state index in [0.29, 0.717) is 12.4 Å². The minimum Gasteiger partial charge on any atom is -0.467 e. The number of hydrogen-bond acceptors (Lipinski definition) is 6. The summed E-state index contributed by atoms with van der Waals surface area (Å²) in [5, 5.41) is 14.6. The van der Waals surface area contributed by atoms with E-state index in [1.54, 1.807) is 28.8 Å². The van der Waals surface area contributed by atoms with Gasteiger partial charge in [-0.1, -0.05) is 36.4 Å². The lowest BCUT2D eigenvalue weighted by molar-refractivity contribution is -0.132. The molecule has 0 radical (unpaired) electrons. The Kier molecular flexibility index (Phi) is 5.17. The standard InChI is InChI=1S/C21H19N5O3/c1-29-21-22-11-17(12-23-21)15-7-8-18-16(10-15)13-26(24-18)19(20(27)25-28)9-14-5-3-2-4-6-14/h2-8,10-13,19,28H,9H2,1H3,(H,25,27). The molecule has 4 rings (SSSR count). The lowest BCUT2D eigenvalue weighted by Crippen LogP contribution is -2.32. The molecule has 0 bridgehead atoms. The number of methoxy groups -OCH3 is 1. The van der Waals surface area contributed by atoms with Crippen LogP contribution in [0.25, 0.3) is 22.0 Å². The van der Waals surface area contributed by atoms with Crippen molar-refractivity contribution in [3.8, 4) is 17.1 Å². The van der Waals surface area contributed by atoms with Crippen molar-refractivity contribution in [2.75, 3.05) is 7.11 Å². The number of benzene rings is 2. The number of carbonyl (C=O) groups is 1. The molecular formula is C21H19N5O3. The fourth-order valence-corrected chi connectivity index (χ4v) is 3.17. The van der Waals surface area contributed by atoms with Gasteiger partial charge in [-0.05, 0) is 23.3 Å². The van der Waals surface area contributed by atoms with Crippen molar-refractivity contribution in [3.05, 3.63) is 72.7 Å². The molecule has 2 aromatic heterocycles. The highest BCUT2D eigenvalue weighted by molar-refractivity contribution is 5.85. The molecule has 0 fully saturated rings. The van der Waals surface area contributed by atoms with Crippen LogP contribution in [-0.4, -0.2) is 38.0 Å². The number of carbonyl (C=O) groups excluding carboxylic acids is 1. The molecule has 0 aliphatic carbocycles. The summed E-state index contributed by atoms with van der Waals surface area (Å²) < 4.78 is 6.57. The van der Waals surface area contributed by atoms with Crippen molar-refractivity contribution < 1.29 is 14.7 Å². The Bertz CT molecular complexity index is 1130. The quantitative estimate of drug-likeness (QED) is 0.388. The van der Waals surface area contributed by atoms with Crippen LogP contribution in [-0.2, 0) is 11.2 Å². The number of fused-ring (bicyclic) bond motifs is 1. The Morgan fingerprint density at radius 3 is 2.59 bits per heavy atom. The fraction of sp³-hybridized carbons (Fsp3) is 0.143. The molecule has 0 aliphatic heterocycles. The summed E-state index contributed by atoms with van der Waals surface area (Å²) in [6.07, 6.45) is 5.58. The van der Waals surface area contributed by atoms with Crippen LogP contribution in [0, 0.1) is 0 Å². The summed E-state index contributed by atoms with van der Waals surface area (Å²) in [6.45, 7) is 0. The van der Waals surface area contributed by atoms with Gasteiger partial charge in [0.25, 0.3) is 5.91 Å². The molecule has 4 aromatic rings. The van der Waals surface area contributed by atoms with Crippen LogP contribution < -0.4 is 10.2 Å². The average Bonchev–Trinajstić information content (AvgIpc) is 3.20. The molecule has 0 saturated carbocycles. The second-order valence-electron chi connectivity index (χ2n) is 6.52. The normalized spacial score (nSPS) is 11.9. The molecule has 1 unspecified atom stereocenters. The lowest BCUT2D eigenvalue weighted by Gasteiger charge is -2.15. The van der Waals surface area contributed by atoms with Crippen LogP contribution >= 0.6 is 0 Å². The highest BCUT2D eigenvalue weighted by Crippen LogP contribution is 2.25. The Morgan fingerprint density at radius 2 is 1.90 bits per heavy atom. The summed E-state index contributed by atoms with van der Waals surface area (Å²) >= 11 is 0.